The Balaban J connectivity index is 2.21. The molecule has 2 rings (SSSR count). The van der Waals surface area contributed by atoms with E-state index in [1.807, 2.05) is 0 Å². The fourth-order valence-electron chi connectivity index (χ4n) is 1.66. The molecule has 0 aliphatic carbocycles. The van der Waals surface area contributed by atoms with Crippen molar-refractivity contribution < 1.29 is 19.4 Å². The van der Waals surface area contributed by atoms with E-state index in [2.05, 4.69) is 21.2 Å². The standard InChI is InChI=1S/C15H12BrNO4/c1-9(18)21-12-6-7-14(19)13(8-12)15(20)17-11-4-2-10(16)3-5-11/h2-8,19H,1H3,(H,17,20). The summed E-state index contributed by atoms with van der Waals surface area (Å²) in [5.74, 6) is -0.995. The summed E-state index contributed by atoms with van der Waals surface area (Å²) >= 11 is 3.30. The minimum atomic E-state index is -0.500. The lowest BCUT2D eigenvalue weighted by atomic mass is 10.1. The maximum Gasteiger partial charge on any atom is 0.308 e. The number of amides is 1. The van der Waals surface area contributed by atoms with Gasteiger partial charge in [-0.1, -0.05) is 15.9 Å². The molecule has 0 aliphatic rings. The van der Waals surface area contributed by atoms with Gasteiger partial charge in [0, 0.05) is 17.1 Å². The number of hydrogen-bond donors (Lipinski definition) is 2. The molecule has 0 radical (unpaired) electrons. The molecule has 0 atom stereocenters. The van der Waals surface area contributed by atoms with Crippen LogP contribution in [0.3, 0.4) is 0 Å². The number of phenols is 1. The van der Waals surface area contributed by atoms with E-state index < -0.39 is 11.9 Å². The first-order valence-electron chi connectivity index (χ1n) is 6.04. The van der Waals surface area contributed by atoms with E-state index in [4.69, 9.17) is 4.74 Å². The monoisotopic (exact) mass is 349 g/mol. The second kappa shape index (κ2) is 6.41. The van der Waals surface area contributed by atoms with E-state index in [0.717, 1.165) is 4.47 Å². The summed E-state index contributed by atoms with van der Waals surface area (Å²) in [6.07, 6.45) is 0. The van der Waals surface area contributed by atoms with Crippen molar-refractivity contribution in [2.75, 3.05) is 5.32 Å². The third-order valence-corrected chi connectivity index (χ3v) is 3.10. The van der Waals surface area contributed by atoms with Crippen LogP contribution < -0.4 is 10.1 Å². The van der Waals surface area contributed by atoms with Gasteiger partial charge in [0.05, 0.1) is 5.56 Å². The second-order valence-corrected chi connectivity index (χ2v) is 5.15. The zero-order chi connectivity index (χ0) is 15.4. The number of nitrogens with one attached hydrogen (secondary N) is 1. The van der Waals surface area contributed by atoms with Crippen molar-refractivity contribution in [3.63, 3.8) is 0 Å². The number of aromatic hydroxyl groups is 1. The minimum Gasteiger partial charge on any atom is -0.507 e. The molecule has 0 saturated heterocycles. The lowest BCUT2D eigenvalue weighted by molar-refractivity contribution is -0.131. The van der Waals surface area contributed by atoms with Crippen LogP contribution in [0.5, 0.6) is 11.5 Å². The number of phenolic OH excluding ortho intramolecular Hbond substituents is 1. The predicted octanol–water partition coefficient (Wildman–Crippen LogP) is 3.33. The number of ether oxygens (including phenoxy) is 1. The van der Waals surface area contributed by atoms with E-state index in [9.17, 15) is 14.7 Å². The van der Waals surface area contributed by atoms with Gasteiger partial charge in [0.1, 0.15) is 11.5 Å². The van der Waals surface area contributed by atoms with Crippen molar-refractivity contribution in [2.24, 2.45) is 0 Å². The Morgan fingerprint density at radius 3 is 2.43 bits per heavy atom. The first kappa shape index (κ1) is 15.1. The van der Waals surface area contributed by atoms with E-state index in [1.54, 1.807) is 24.3 Å². The van der Waals surface area contributed by atoms with Crippen LogP contribution in [-0.4, -0.2) is 17.0 Å². The van der Waals surface area contributed by atoms with Crippen molar-refractivity contribution in [3.05, 3.63) is 52.5 Å². The van der Waals surface area contributed by atoms with Crippen molar-refractivity contribution in [3.8, 4) is 11.5 Å². The first-order valence-corrected chi connectivity index (χ1v) is 6.83. The van der Waals surface area contributed by atoms with Gasteiger partial charge in [-0.3, -0.25) is 9.59 Å². The number of carbonyl (C=O) groups is 2. The lowest BCUT2D eigenvalue weighted by Crippen LogP contribution is -2.12. The number of anilines is 1. The van der Waals surface area contributed by atoms with Crippen LogP contribution in [0.2, 0.25) is 0 Å². The van der Waals surface area contributed by atoms with Crippen LogP contribution in [0.1, 0.15) is 17.3 Å². The Labute approximate surface area is 129 Å². The number of rotatable bonds is 3. The van der Waals surface area contributed by atoms with Crippen molar-refractivity contribution in [2.45, 2.75) is 6.92 Å². The normalized spacial score (nSPS) is 10.0. The molecule has 6 heteroatoms. The minimum absolute atomic E-state index is 0.0247. The van der Waals surface area contributed by atoms with Gasteiger partial charge in [0.15, 0.2) is 0 Å². The molecular weight excluding hydrogens is 338 g/mol. The molecule has 2 aromatic rings. The van der Waals surface area contributed by atoms with Gasteiger partial charge in [-0.05, 0) is 42.5 Å². The predicted molar refractivity (Wildman–Crippen MR) is 81.5 cm³/mol. The van der Waals surface area contributed by atoms with Crippen molar-refractivity contribution >= 4 is 33.5 Å². The molecule has 0 bridgehead atoms. The van der Waals surface area contributed by atoms with Gasteiger partial charge in [0.2, 0.25) is 0 Å². The Morgan fingerprint density at radius 2 is 1.81 bits per heavy atom. The summed E-state index contributed by atoms with van der Waals surface area (Å²) in [6.45, 7) is 1.26. The molecule has 0 fully saturated rings. The van der Waals surface area contributed by atoms with Crippen LogP contribution in [0, 0.1) is 0 Å². The van der Waals surface area contributed by atoms with E-state index in [0.29, 0.717) is 5.69 Å². The third kappa shape index (κ3) is 4.06. The molecule has 5 nitrogen and oxygen atoms in total. The Bertz CT molecular complexity index is 683. The molecule has 2 N–H and O–H groups in total. The largest absolute Gasteiger partial charge is 0.507 e. The Kier molecular flexibility index (Phi) is 4.59. The zero-order valence-electron chi connectivity index (χ0n) is 11.1. The highest BCUT2D eigenvalue weighted by Crippen LogP contribution is 2.24. The number of halogens is 1. The molecule has 21 heavy (non-hydrogen) atoms. The van der Waals surface area contributed by atoms with Crippen LogP contribution in [-0.2, 0) is 4.79 Å². The van der Waals surface area contributed by atoms with Crippen LogP contribution in [0.15, 0.2) is 46.9 Å². The summed E-state index contributed by atoms with van der Waals surface area (Å²) in [4.78, 5) is 23.0. The molecule has 0 aliphatic heterocycles. The number of esters is 1. The molecule has 0 unspecified atom stereocenters. The van der Waals surface area contributed by atoms with Gasteiger partial charge in [-0.25, -0.2) is 0 Å². The highest BCUT2D eigenvalue weighted by molar-refractivity contribution is 9.10. The highest BCUT2D eigenvalue weighted by atomic mass is 79.9. The average Bonchev–Trinajstić information content (AvgIpc) is 2.43. The highest BCUT2D eigenvalue weighted by Gasteiger charge is 2.13. The summed E-state index contributed by atoms with van der Waals surface area (Å²) < 4.78 is 5.78. The molecule has 0 saturated carbocycles. The van der Waals surface area contributed by atoms with Gasteiger partial charge in [0.25, 0.3) is 5.91 Å². The average molecular weight is 350 g/mol. The summed E-state index contributed by atoms with van der Waals surface area (Å²) in [6, 6.07) is 11.0. The van der Waals surface area contributed by atoms with Gasteiger partial charge in [-0.2, -0.15) is 0 Å². The number of carbonyl (C=O) groups excluding carboxylic acids is 2. The summed E-state index contributed by atoms with van der Waals surface area (Å²) in [5, 5.41) is 12.4. The second-order valence-electron chi connectivity index (χ2n) is 4.23. The van der Waals surface area contributed by atoms with Crippen molar-refractivity contribution in [1.29, 1.82) is 0 Å². The van der Waals surface area contributed by atoms with E-state index in [-0.39, 0.29) is 17.1 Å². The van der Waals surface area contributed by atoms with Crippen LogP contribution in [0.25, 0.3) is 0 Å². The Hall–Kier alpha value is -2.34. The third-order valence-electron chi connectivity index (χ3n) is 2.58. The molecule has 1 amide bonds. The zero-order valence-corrected chi connectivity index (χ0v) is 12.7. The van der Waals surface area contributed by atoms with Gasteiger partial charge >= 0.3 is 5.97 Å². The number of benzene rings is 2. The maximum absolute atomic E-state index is 12.1. The van der Waals surface area contributed by atoms with Crippen LogP contribution >= 0.6 is 15.9 Å². The molecule has 2 aromatic carbocycles. The SMILES string of the molecule is CC(=O)Oc1ccc(O)c(C(=O)Nc2ccc(Br)cc2)c1. The smallest absolute Gasteiger partial charge is 0.308 e. The fourth-order valence-corrected chi connectivity index (χ4v) is 1.92. The topological polar surface area (TPSA) is 75.6 Å². The number of hydrogen-bond acceptors (Lipinski definition) is 4. The van der Waals surface area contributed by atoms with E-state index in [1.165, 1.54) is 25.1 Å². The Morgan fingerprint density at radius 1 is 1.14 bits per heavy atom. The summed E-state index contributed by atoms with van der Waals surface area (Å²) in [5.41, 5.74) is 0.608. The maximum atomic E-state index is 12.1. The van der Waals surface area contributed by atoms with Gasteiger partial charge < -0.3 is 15.2 Å². The molecule has 0 aromatic heterocycles. The molecular formula is C15H12BrNO4. The first-order chi connectivity index (χ1) is 9.95. The van der Waals surface area contributed by atoms with E-state index >= 15 is 0 Å². The lowest BCUT2D eigenvalue weighted by Gasteiger charge is -2.09. The molecule has 0 heterocycles. The van der Waals surface area contributed by atoms with Crippen LogP contribution in [0.4, 0.5) is 5.69 Å². The van der Waals surface area contributed by atoms with Crippen molar-refractivity contribution in [1.82, 2.24) is 0 Å². The molecule has 0 spiro atoms. The molecule has 108 valence electrons. The fraction of sp³-hybridized carbons (Fsp3) is 0.0667. The quantitative estimate of drug-likeness (QED) is 0.658. The summed E-state index contributed by atoms with van der Waals surface area (Å²) in [7, 11) is 0. The van der Waals surface area contributed by atoms with Gasteiger partial charge in [-0.15, -0.1) is 0 Å².